The third-order valence-electron chi connectivity index (χ3n) is 3.63. The summed E-state index contributed by atoms with van der Waals surface area (Å²) in [7, 11) is 0. The average molecular weight is 348 g/mol. The van der Waals surface area contributed by atoms with Crippen molar-refractivity contribution in [2.45, 2.75) is 28.1 Å². The first kappa shape index (κ1) is 15.8. The quantitative estimate of drug-likeness (QED) is 0.821. The second kappa shape index (κ2) is 6.60. The van der Waals surface area contributed by atoms with Gasteiger partial charge in [-0.2, -0.15) is 5.21 Å². The van der Waals surface area contributed by atoms with Crippen molar-refractivity contribution in [3.05, 3.63) is 59.3 Å². The third-order valence-corrected chi connectivity index (χ3v) is 5.23. The predicted molar refractivity (Wildman–Crippen MR) is 89.2 cm³/mol. The molecule has 0 bridgehead atoms. The van der Waals surface area contributed by atoms with Crippen molar-refractivity contribution in [3.8, 4) is 0 Å². The Bertz CT molecular complexity index is 783. The Morgan fingerprint density at radius 3 is 2.74 bits per heavy atom. The molecule has 0 fully saturated rings. The first-order chi connectivity index (χ1) is 11.1. The first-order valence-electron chi connectivity index (χ1n) is 6.97. The van der Waals surface area contributed by atoms with Crippen LogP contribution >= 0.6 is 23.4 Å². The van der Waals surface area contributed by atoms with Crippen LogP contribution in [0.3, 0.4) is 0 Å². The van der Waals surface area contributed by atoms with Gasteiger partial charge < -0.3 is 5.11 Å². The number of halogens is 1. The van der Waals surface area contributed by atoms with Crippen molar-refractivity contribution >= 4 is 29.3 Å². The molecule has 1 aliphatic rings. The fraction of sp³-hybridized carbons (Fsp3) is 0.188. The predicted octanol–water partition coefficient (Wildman–Crippen LogP) is 3.86. The van der Waals surface area contributed by atoms with Gasteiger partial charge in [0.25, 0.3) is 0 Å². The summed E-state index contributed by atoms with van der Waals surface area (Å²) in [6, 6.07) is 7.88. The average Bonchev–Trinajstić information content (AvgIpc) is 2.99. The van der Waals surface area contributed by atoms with Gasteiger partial charge >= 0.3 is 5.97 Å². The molecule has 2 unspecified atom stereocenters. The molecule has 0 saturated heterocycles. The van der Waals surface area contributed by atoms with Crippen LogP contribution in [0.1, 0.15) is 28.9 Å². The minimum atomic E-state index is -1.10. The smallest absolute Gasteiger partial charge is 0.359 e. The summed E-state index contributed by atoms with van der Waals surface area (Å²) in [4.78, 5) is 11.9. The van der Waals surface area contributed by atoms with Crippen molar-refractivity contribution in [2.75, 3.05) is 0 Å². The lowest BCUT2D eigenvalue weighted by atomic mass is 9.88. The molecule has 2 N–H and O–H groups in total. The van der Waals surface area contributed by atoms with Gasteiger partial charge in [0.2, 0.25) is 5.69 Å². The molecule has 2 aromatic rings. The van der Waals surface area contributed by atoms with Crippen LogP contribution in [0, 0.1) is 0 Å². The molecule has 23 heavy (non-hydrogen) atoms. The molecule has 1 heterocycles. The standard InChI is InChI=1S/C16H14ClN3O2S/c1-9-3-2-4-12(13(9)17)10-5-7-11(8-6-10)23-15-14(16(21)22)18-20-19-15/h2-8,12-13H,1H3,(H,21,22)(H,18,19,20). The molecule has 118 valence electrons. The first-order valence-corrected chi connectivity index (χ1v) is 8.22. The van der Waals surface area contributed by atoms with Crippen molar-refractivity contribution in [1.29, 1.82) is 0 Å². The van der Waals surface area contributed by atoms with E-state index < -0.39 is 5.97 Å². The van der Waals surface area contributed by atoms with Crippen molar-refractivity contribution in [2.24, 2.45) is 0 Å². The Morgan fingerprint density at radius 2 is 2.04 bits per heavy atom. The molecule has 1 aromatic heterocycles. The van der Waals surface area contributed by atoms with Gasteiger partial charge in [0.1, 0.15) is 0 Å². The molecule has 0 aliphatic heterocycles. The number of alkyl halides is 1. The van der Waals surface area contributed by atoms with Crippen molar-refractivity contribution in [1.82, 2.24) is 15.4 Å². The van der Waals surface area contributed by atoms with Crippen molar-refractivity contribution < 1.29 is 9.90 Å². The van der Waals surface area contributed by atoms with Crippen LogP contribution in [-0.2, 0) is 0 Å². The fourth-order valence-electron chi connectivity index (χ4n) is 2.38. The van der Waals surface area contributed by atoms with E-state index in [1.165, 1.54) is 11.8 Å². The Kier molecular flexibility index (Phi) is 4.54. The summed E-state index contributed by atoms with van der Waals surface area (Å²) in [6.45, 7) is 2.02. The minimum Gasteiger partial charge on any atom is -0.476 e. The van der Waals surface area contributed by atoms with E-state index in [0.717, 1.165) is 16.0 Å². The Hall–Kier alpha value is -2.05. The second-order valence-electron chi connectivity index (χ2n) is 5.18. The summed E-state index contributed by atoms with van der Waals surface area (Å²) in [6.07, 6.45) is 6.14. The SMILES string of the molecule is CC1=CC=CC(c2ccc(Sc3n[nH]nc3C(=O)O)cc2)C1Cl. The van der Waals surface area contributed by atoms with Crippen LogP contribution in [0.15, 0.2) is 58.0 Å². The Labute approximate surface area is 142 Å². The van der Waals surface area contributed by atoms with E-state index >= 15 is 0 Å². The number of aromatic carboxylic acids is 1. The van der Waals surface area contributed by atoms with E-state index in [0.29, 0.717) is 5.03 Å². The fourth-order valence-corrected chi connectivity index (χ4v) is 3.49. The lowest BCUT2D eigenvalue weighted by Gasteiger charge is -2.23. The maximum Gasteiger partial charge on any atom is 0.359 e. The van der Waals surface area contributed by atoms with Crippen LogP contribution < -0.4 is 0 Å². The Morgan fingerprint density at radius 1 is 1.30 bits per heavy atom. The van der Waals surface area contributed by atoms with E-state index in [-0.39, 0.29) is 17.0 Å². The molecule has 0 saturated carbocycles. The number of aromatic amines is 1. The second-order valence-corrected chi connectivity index (χ2v) is 6.71. The normalized spacial score (nSPS) is 20.3. The van der Waals surface area contributed by atoms with E-state index in [4.69, 9.17) is 16.7 Å². The number of carboxylic acids is 1. The number of H-pyrrole nitrogens is 1. The van der Waals surface area contributed by atoms with Gasteiger partial charge in [0.15, 0.2) is 5.03 Å². The van der Waals surface area contributed by atoms with E-state index in [2.05, 4.69) is 21.5 Å². The highest BCUT2D eigenvalue weighted by molar-refractivity contribution is 7.99. The van der Waals surface area contributed by atoms with Gasteiger partial charge in [0.05, 0.1) is 5.38 Å². The number of hydrogen-bond donors (Lipinski definition) is 2. The summed E-state index contributed by atoms with van der Waals surface area (Å²) in [5.74, 6) is -0.959. The highest BCUT2D eigenvalue weighted by Crippen LogP contribution is 2.35. The Balaban J connectivity index is 1.78. The number of carboxylic acid groups (broad SMARTS) is 1. The number of carbonyl (C=O) groups is 1. The van der Waals surface area contributed by atoms with Crippen LogP contribution in [0.5, 0.6) is 0 Å². The number of nitrogens with zero attached hydrogens (tertiary/aromatic N) is 2. The molecule has 1 aliphatic carbocycles. The maximum absolute atomic E-state index is 11.0. The number of hydrogen-bond acceptors (Lipinski definition) is 4. The molecule has 3 rings (SSSR count). The summed E-state index contributed by atoms with van der Waals surface area (Å²) < 4.78 is 0. The molecular formula is C16H14ClN3O2S. The number of nitrogens with one attached hydrogen (secondary N) is 1. The summed E-state index contributed by atoms with van der Waals surface area (Å²) in [5, 5.41) is 19.2. The van der Waals surface area contributed by atoms with E-state index in [1.54, 1.807) is 0 Å². The van der Waals surface area contributed by atoms with E-state index in [1.807, 2.05) is 43.3 Å². The highest BCUT2D eigenvalue weighted by Gasteiger charge is 2.22. The number of rotatable bonds is 4. The zero-order valence-electron chi connectivity index (χ0n) is 12.2. The molecule has 5 nitrogen and oxygen atoms in total. The summed E-state index contributed by atoms with van der Waals surface area (Å²) >= 11 is 7.72. The topological polar surface area (TPSA) is 78.9 Å². The van der Waals surface area contributed by atoms with Crippen LogP contribution in [0.2, 0.25) is 0 Å². The van der Waals surface area contributed by atoms with Gasteiger partial charge in [-0.3, -0.25) is 0 Å². The molecule has 1 aromatic carbocycles. The van der Waals surface area contributed by atoms with Crippen molar-refractivity contribution in [3.63, 3.8) is 0 Å². The van der Waals surface area contributed by atoms with Gasteiger partial charge in [0, 0.05) is 10.8 Å². The van der Waals surface area contributed by atoms with Crippen LogP contribution in [-0.4, -0.2) is 31.9 Å². The van der Waals surface area contributed by atoms with E-state index in [9.17, 15) is 4.79 Å². The number of benzene rings is 1. The highest BCUT2D eigenvalue weighted by atomic mass is 35.5. The molecular weight excluding hydrogens is 334 g/mol. The zero-order chi connectivity index (χ0) is 16.4. The third kappa shape index (κ3) is 3.33. The summed E-state index contributed by atoms with van der Waals surface area (Å²) in [5.41, 5.74) is 2.19. The van der Waals surface area contributed by atoms with Crippen LogP contribution in [0.4, 0.5) is 0 Å². The minimum absolute atomic E-state index is 0.0485. The zero-order valence-corrected chi connectivity index (χ0v) is 13.8. The van der Waals surface area contributed by atoms with Gasteiger partial charge in [-0.15, -0.1) is 21.8 Å². The molecule has 0 spiro atoms. The molecule has 0 radical (unpaired) electrons. The lowest BCUT2D eigenvalue weighted by molar-refractivity contribution is 0.0686. The number of aromatic nitrogens is 3. The largest absolute Gasteiger partial charge is 0.476 e. The van der Waals surface area contributed by atoms with Gasteiger partial charge in [-0.25, -0.2) is 4.79 Å². The molecule has 7 heteroatoms. The number of allylic oxidation sites excluding steroid dienone is 4. The maximum atomic E-state index is 11.0. The monoisotopic (exact) mass is 347 g/mol. The van der Waals surface area contributed by atoms with Gasteiger partial charge in [-0.05, 0) is 24.6 Å². The molecule has 0 amide bonds. The van der Waals surface area contributed by atoms with Gasteiger partial charge in [-0.1, -0.05) is 47.7 Å². The molecule has 2 atom stereocenters. The van der Waals surface area contributed by atoms with Crippen LogP contribution in [0.25, 0.3) is 0 Å². The lowest BCUT2D eigenvalue weighted by Crippen LogP contribution is -2.14.